The van der Waals surface area contributed by atoms with Gasteiger partial charge < -0.3 is 14.7 Å². The molecule has 1 saturated heterocycles. The fourth-order valence-electron chi connectivity index (χ4n) is 3.08. The highest BCUT2D eigenvalue weighted by Crippen LogP contribution is 2.14. The number of aromatic nitrogens is 2. The van der Waals surface area contributed by atoms with Crippen molar-refractivity contribution >= 4 is 22.6 Å². The minimum Gasteiger partial charge on any atom is -0.481 e. The number of rotatable bonds is 4. The van der Waals surface area contributed by atoms with Crippen LogP contribution < -0.4 is 5.56 Å². The van der Waals surface area contributed by atoms with E-state index in [0.717, 1.165) is 10.1 Å². The number of amides is 1. The molecule has 1 aliphatic heterocycles. The number of nitrogens with zero attached hydrogens (tertiary/aromatic N) is 3. The van der Waals surface area contributed by atoms with Crippen molar-refractivity contribution in [3.05, 3.63) is 40.3 Å². The third-order valence-electron chi connectivity index (χ3n) is 4.30. The molecule has 1 fully saturated rings. The number of carboxylic acid groups (broad SMARTS) is 1. The Balaban J connectivity index is 1.87. The minimum absolute atomic E-state index is 0.178. The summed E-state index contributed by atoms with van der Waals surface area (Å²) in [7, 11) is 0. The number of fused-ring (bicyclic) bond motifs is 1. The lowest BCUT2D eigenvalue weighted by atomic mass is 10.1. The van der Waals surface area contributed by atoms with Crippen LogP contribution in [0.15, 0.2) is 29.1 Å². The number of hydrogen-bond acceptors (Lipinski definition) is 5. The van der Waals surface area contributed by atoms with Crippen molar-refractivity contribution in [1.29, 1.82) is 0 Å². The highest BCUT2D eigenvalue weighted by molar-refractivity contribution is 5.84. The zero-order chi connectivity index (χ0) is 18.0. The molecule has 1 aromatic carbocycles. The molecule has 1 unspecified atom stereocenters. The number of carboxylic acids is 1. The first-order valence-electron chi connectivity index (χ1n) is 8.03. The Morgan fingerprint density at radius 1 is 1.32 bits per heavy atom. The molecule has 1 amide bonds. The Bertz CT molecular complexity index is 876. The molecule has 1 atom stereocenters. The van der Waals surface area contributed by atoms with Gasteiger partial charge in [-0.1, -0.05) is 18.2 Å². The van der Waals surface area contributed by atoms with E-state index in [9.17, 15) is 14.4 Å². The van der Waals surface area contributed by atoms with Crippen LogP contribution in [0.1, 0.15) is 12.1 Å². The van der Waals surface area contributed by atoms with E-state index in [-0.39, 0.29) is 31.0 Å². The molecule has 0 radical (unpaired) electrons. The van der Waals surface area contributed by atoms with Gasteiger partial charge in [0.1, 0.15) is 6.54 Å². The van der Waals surface area contributed by atoms with E-state index in [4.69, 9.17) is 9.84 Å². The zero-order valence-electron chi connectivity index (χ0n) is 13.8. The summed E-state index contributed by atoms with van der Waals surface area (Å²) in [6.45, 7) is 2.39. The van der Waals surface area contributed by atoms with Gasteiger partial charge in [0.05, 0.1) is 36.8 Å². The Labute approximate surface area is 143 Å². The third-order valence-corrected chi connectivity index (χ3v) is 4.30. The number of morpholine rings is 1. The van der Waals surface area contributed by atoms with Crippen molar-refractivity contribution in [2.45, 2.75) is 25.9 Å². The van der Waals surface area contributed by atoms with Crippen LogP contribution in [0, 0.1) is 6.92 Å². The quantitative estimate of drug-likeness (QED) is 0.861. The number of carbonyl (C=O) groups excluding carboxylic acids is 1. The van der Waals surface area contributed by atoms with E-state index in [2.05, 4.69) is 5.10 Å². The van der Waals surface area contributed by atoms with Gasteiger partial charge in [0.15, 0.2) is 0 Å². The Morgan fingerprint density at radius 3 is 2.76 bits per heavy atom. The summed E-state index contributed by atoms with van der Waals surface area (Å²) in [5, 5.41) is 14.5. The molecule has 1 aromatic heterocycles. The maximum Gasteiger partial charge on any atom is 0.305 e. The van der Waals surface area contributed by atoms with Crippen LogP contribution in [0.5, 0.6) is 0 Å². The van der Waals surface area contributed by atoms with Crippen molar-refractivity contribution < 1.29 is 19.4 Å². The molecule has 8 heteroatoms. The summed E-state index contributed by atoms with van der Waals surface area (Å²) >= 11 is 0. The van der Waals surface area contributed by atoms with Gasteiger partial charge in [-0.3, -0.25) is 14.4 Å². The minimum atomic E-state index is -0.995. The average molecular weight is 345 g/mol. The summed E-state index contributed by atoms with van der Waals surface area (Å²) in [4.78, 5) is 37.7. The molecule has 0 aliphatic carbocycles. The van der Waals surface area contributed by atoms with Gasteiger partial charge in [0, 0.05) is 11.9 Å². The maximum atomic E-state index is 12.6. The number of aryl methyl sites for hydroxylation is 1. The van der Waals surface area contributed by atoms with Gasteiger partial charge in [0.2, 0.25) is 5.91 Å². The van der Waals surface area contributed by atoms with Crippen LogP contribution in [0.3, 0.4) is 0 Å². The van der Waals surface area contributed by atoms with Crippen molar-refractivity contribution in [2.75, 3.05) is 19.8 Å². The number of carbonyl (C=O) groups is 2. The fraction of sp³-hybridized carbons (Fsp3) is 0.412. The van der Waals surface area contributed by atoms with Crippen LogP contribution >= 0.6 is 0 Å². The number of aliphatic carboxylic acids is 1. The molecule has 3 rings (SSSR count). The monoisotopic (exact) mass is 345 g/mol. The third kappa shape index (κ3) is 3.53. The predicted octanol–water partition coefficient (Wildman–Crippen LogP) is 0.407. The van der Waals surface area contributed by atoms with Crippen molar-refractivity contribution in [2.24, 2.45) is 0 Å². The second kappa shape index (κ2) is 7.02. The first kappa shape index (κ1) is 17.1. The highest BCUT2D eigenvalue weighted by Gasteiger charge is 2.29. The predicted molar refractivity (Wildman–Crippen MR) is 89.3 cm³/mol. The largest absolute Gasteiger partial charge is 0.481 e. The Morgan fingerprint density at radius 2 is 2.04 bits per heavy atom. The standard InChI is InChI=1S/C17H19N3O5/c1-11-13-4-2-3-5-14(13)17(24)20(18-11)9-15(21)19-6-7-25-10-12(19)8-16(22)23/h2-5,12H,6-10H2,1H3,(H,22,23). The van der Waals surface area contributed by atoms with Gasteiger partial charge in [0.25, 0.3) is 5.56 Å². The van der Waals surface area contributed by atoms with Crippen LogP contribution in [0.4, 0.5) is 0 Å². The second-order valence-electron chi connectivity index (χ2n) is 6.01. The van der Waals surface area contributed by atoms with Crippen molar-refractivity contribution in [3.8, 4) is 0 Å². The number of hydrogen-bond donors (Lipinski definition) is 1. The normalized spacial score (nSPS) is 17.6. The molecule has 132 valence electrons. The lowest BCUT2D eigenvalue weighted by Crippen LogP contribution is -2.51. The van der Waals surface area contributed by atoms with Crippen LogP contribution in [0.25, 0.3) is 10.8 Å². The molecule has 0 saturated carbocycles. The first-order valence-corrected chi connectivity index (χ1v) is 8.03. The summed E-state index contributed by atoms with van der Waals surface area (Å²) in [5.41, 5.74) is 0.324. The number of benzene rings is 1. The molecule has 25 heavy (non-hydrogen) atoms. The average Bonchev–Trinajstić information content (AvgIpc) is 2.59. The SMILES string of the molecule is Cc1nn(CC(=O)N2CCOCC2CC(=O)O)c(=O)c2ccccc12. The molecule has 2 aromatic rings. The van der Waals surface area contributed by atoms with E-state index >= 15 is 0 Å². The van der Waals surface area contributed by atoms with Gasteiger partial charge in [-0.15, -0.1) is 0 Å². The maximum absolute atomic E-state index is 12.6. The summed E-state index contributed by atoms with van der Waals surface area (Å²) in [5.74, 6) is -1.33. The molecule has 0 bridgehead atoms. The number of ether oxygens (including phenoxy) is 1. The fourth-order valence-corrected chi connectivity index (χ4v) is 3.08. The molecule has 2 heterocycles. The molecule has 0 spiro atoms. The van der Waals surface area contributed by atoms with E-state index in [0.29, 0.717) is 24.2 Å². The van der Waals surface area contributed by atoms with Crippen molar-refractivity contribution in [1.82, 2.24) is 14.7 Å². The molecule has 1 N–H and O–H groups in total. The first-order chi connectivity index (χ1) is 12.0. The van der Waals surface area contributed by atoms with E-state index in [1.807, 2.05) is 12.1 Å². The smallest absolute Gasteiger partial charge is 0.305 e. The lowest BCUT2D eigenvalue weighted by Gasteiger charge is -2.34. The zero-order valence-corrected chi connectivity index (χ0v) is 13.8. The second-order valence-corrected chi connectivity index (χ2v) is 6.01. The van der Waals surface area contributed by atoms with Gasteiger partial charge in [-0.25, -0.2) is 4.68 Å². The Kier molecular flexibility index (Phi) is 4.80. The summed E-state index contributed by atoms with van der Waals surface area (Å²) < 4.78 is 6.42. The van der Waals surface area contributed by atoms with Gasteiger partial charge in [-0.05, 0) is 13.0 Å². The van der Waals surface area contributed by atoms with Crippen LogP contribution in [-0.2, 0) is 20.9 Å². The summed E-state index contributed by atoms with van der Waals surface area (Å²) in [6.07, 6.45) is -0.190. The molecule has 1 aliphatic rings. The molecular weight excluding hydrogens is 326 g/mol. The summed E-state index contributed by atoms with van der Waals surface area (Å²) in [6, 6.07) is 6.58. The highest BCUT2D eigenvalue weighted by atomic mass is 16.5. The Hall–Kier alpha value is -2.74. The van der Waals surface area contributed by atoms with Gasteiger partial charge in [-0.2, -0.15) is 5.10 Å². The molecule has 8 nitrogen and oxygen atoms in total. The van der Waals surface area contributed by atoms with Crippen LogP contribution in [0.2, 0.25) is 0 Å². The van der Waals surface area contributed by atoms with E-state index < -0.39 is 12.0 Å². The van der Waals surface area contributed by atoms with Crippen molar-refractivity contribution in [3.63, 3.8) is 0 Å². The van der Waals surface area contributed by atoms with E-state index in [1.165, 1.54) is 4.90 Å². The van der Waals surface area contributed by atoms with Gasteiger partial charge >= 0.3 is 5.97 Å². The lowest BCUT2D eigenvalue weighted by molar-refractivity contribution is -0.146. The topological polar surface area (TPSA) is 102 Å². The van der Waals surface area contributed by atoms with E-state index in [1.54, 1.807) is 19.1 Å². The molecular formula is C17H19N3O5. The van der Waals surface area contributed by atoms with Crippen LogP contribution in [-0.4, -0.2) is 57.5 Å².